The molecule has 2 aromatic carbocycles. The van der Waals surface area contributed by atoms with Crippen LogP contribution in [0.2, 0.25) is 0 Å². The summed E-state index contributed by atoms with van der Waals surface area (Å²) in [6.07, 6.45) is 0. The molecule has 0 spiro atoms. The number of hydrogen-bond acceptors (Lipinski definition) is 9. The van der Waals surface area contributed by atoms with Crippen LogP contribution in [0.4, 0.5) is 5.13 Å². The van der Waals surface area contributed by atoms with E-state index in [0.717, 1.165) is 21.5 Å². The minimum absolute atomic E-state index is 0.167. The van der Waals surface area contributed by atoms with E-state index in [9.17, 15) is 4.79 Å². The zero-order valence-corrected chi connectivity index (χ0v) is 20.2. The molecule has 0 saturated heterocycles. The largest absolute Gasteiger partial charge is 0.494 e. The predicted molar refractivity (Wildman–Crippen MR) is 130 cm³/mol. The van der Waals surface area contributed by atoms with Gasteiger partial charge in [0.15, 0.2) is 27.6 Å². The molecule has 2 heterocycles. The smallest absolute Gasteiger partial charge is 0.236 e. The maximum Gasteiger partial charge on any atom is 0.236 e. The summed E-state index contributed by atoms with van der Waals surface area (Å²) >= 11 is 2.71. The topological polar surface area (TPSA) is 100 Å². The average Bonchev–Trinajstić information content (AvgIpc) is 3.39. The van der Waals surface area contributed by atoms with Gasteiger partial charge in [0.2, 0.25) is 5.91 Å². The summed E-state index contributed by atoms with van der Waals surface area (Å²) in [4.78, 5) is 17.0. The molecular weight excluding hydrogens is 462 g/mol. The molecule has 2 aromatic heterocycles. The van der Waals surface area contributed by atoms with E-state index in [4.69, 9.17) is 14.2 Å². The van der Waals surface area contributed by atoms with Gasteiger partial charge in [-0.25, -0.2) is 4.98 Å². The van der Waals surface area contributed by atoms with Gasteiger partial charge in [-0.1, -0.05) is 23.1 Å². The highest BCUT2D eigenvalue weighted by molar-refractivity contribution is 7.99. The SMILES string of the molecule is CCOc1ccc2nc(NC(=O)CSc3nnc(-c4ccc(OC)c(OC)c4)n3C)sc2c1. The second-order valence-corrected chi connectivity index (χ2v) is 8.83. The Bertz CT molecular complexity index is 1290. The quantitative estimate of drug-likeness (QED) is 0.352. The van der Waals surface area contributed by atoms with Crippen molar-refractivity contribution in [1.29, 1.82) is 0 Å². The Kier molecular flexibility index (Phi) is 6.99. The van der Waals surface area contributed by atoms with Gasteiger partial charge in [0.25, 0.3) is 0 Å². The normalized spacial score (nSPS) is 10.9. The molecule has 0 aliphatic rings. The zero-order valence-electron chi connectivity index (χ0n) is 18.6. The van der Waals surface area contributed by atoms with Crippen LogP contribution in [-0.2, 0) is 11.8 Å². The van der Waals surface area contributed by atoms with Crippen LogP contribution in [0, 0.1) is 0 Å². The van der Waals surface area contributed by atoms with Gasteiger partial charge in [0.05, 0.1) is 36.8 Å². The number of nitrogens with zero attached hydrogens (tertiary/aromatic N) is 4. The van der Waals surface area contributed by atoms with E-state index < -0.39 is 0 Å². The number of amides is 1. The number of methoxy groups -OCH3 is 2. The molecule has 4 rings (SSSR count). The van der Waals surface area contributed by atoms with Gasteiger partial charge in [-0.05, 0) is 43.3 Å². The number of rotatable bonds is 9. The monoisotopic (exact) mass is 485 g/mol. The Labute approximate surface area is 199 Å². The molecule has 0 atom stereocenters. The second kappa shape index (κ2) is 10.1. The summed E-state index contributed by atoms with van der Waals surface area (Å²) < 4.78 is 19.0. The van der Waals surface area contributed by atoms with E-state index in [-0.39, 0.29) is 11.7 Å². The van der Waals surface area contributed by atoms with Crippen LogP contribution in [0.25, 0.3) is 21.6 Å². The lowest BCUT2D eigenvalue weighted by Crippen LogP contribution is -2.14. The first-order chi connectivity index (χ1) is 16.0. The summed E-state index contributed by atoms with van der Waals surface area (Å²) in [5.41, 5.74) is 1.65. The molecule has 9 nitrogen and oxygen atoms in total. The third-order valence-electron chi connectivity index (χ3n) is 4.73. The van der Waals surface area contributed by atoms with Crippen LogP contribution < -0.4 is 19.5 Å². The number of benzene rings is 2. The standard InChI is InChI=1S/C22H23N5O4S2/c1-5-31-14-7-8-15-18(11-14)33-21(23-15)24-19(28)12-32-22-26-25-20(27(22)2)13-6-9-16(29-3)17(10-13)30-4/h6-11H,5,12H2,1-4H3,(H,23,24,28). The summed E-state index contributed by atoms with van der Waals surface area (Å²) in [6, 6.07) is 11.2. The molecule has 172 valence electrons. The van der Waals surface area contributed by atoms with E-state index in [1.807, 2.05) is 54.9 Å². The Morgan fingerprint density at radius 2 is 1.94 bits per heavy atom. The van der Waals surface area contributed by atoms with Gasteiger partial charge in [0, 0.05) is 12.6 Å². The predicted octanol–water partition coefficient (Wildman–Crippen LogP) is 4.24. The number of fused-ring (bicyclic) bond motifs is 1. The molecule has 11 heteroatoms. The molecule has 0 aliphatic heterocycles. The molecule has 0 radical (unpaired) electrons. The lowest BCUT2D eigenvalue weighted by molar-refractivity contribution is -0.113. The third-order valence-corrected chi connectivity index (χ3v) is 6.68. The zero-order chi connectivity index (χ0) is 23.4. The molecule has 0 aliphatic carbocycles. The summed E-state index contributed by atoms with van der Waals surface area (Å²) in [5, 5.41) is 12.5. The number of nitrogens with one attached hydrogen (secondary N) is 1. The molecule has 0 unspecified atom stereocenters. The van der Waals surface area contributed by atoms with Crippen molar-refractivity contribution in [3.05, 3.63) is 36.4 Å². The molecule has 0 bridgehead atoms. The lowest BCUT2D eigenvalue weighted by Gasteiger charge is -2.09. The van der Waals surface area contributed by atoms with Crippen molar-refractivity contribution < 1.29 is 19.0 Å². The number of carbonyl (C=O) groups is 1. The second-order valence-electron chi connectivity index (χ2n) is 6.85. The lowest BCUT2D eigenvalue weighted by atomic mass is 10.2. The van der Waals surface area contributed by atoms with Crippen LogP contribution in [0.15, 0.2) is 41.6 Å². The number of aromatic nitrogens is 4. The van der Waals surface area contributed by atoms with Crippen molar-refractivity contribution in [2.24, 2.45) is 7.05 Å². The van der Waals surface area contributed by atoms with E-state index in [1.165, 1.54) is 23.1 Å². The minimum Gasteiger partial charge on any atom is -0.494 e. The van der Waals surface area contributed by atoms with Crippen molar-refractivity contribution in [2.75, 3.05) is 31.9 Å². The van der Waals surface area contributed by atoms with Crippen molar-refractivity contribution in [3.8, 4) is 28.6 Å². The fraction of sp³-hybridized carbons (Fsp3) is 0.273. The Morgan fingerprint density at radius 3 is 2.70 bits per heavy atom. The van der Waals surface area contributed by atoms with Crippen LogP contribution in [-0.4, -0.2) is 52.2 Å². The highest BCUT2D eigenvalue weighted by Gasteiger charge is 2.16. The fourth-order valence-electron chi connectivity index (χ4n) is 3.17. The van der Waals surface area contributed by atoms with Crippen molar-refractivity contribution in [2.45, 2.75) is 12.1 Å². The van der Waals surface area contributed by atoms with Crippen LogP contribution in [0.1, 0.15) is 6.92 Å². The van der Waals surface area contributed by atoms with Crippen LogP contribution in [0.5, 0.6) is 17.2 Å². The van der Waals surface area contributed by atoms with Crippen molar-refractivity contribution >= 4 is 44.4 Å². The van der Waals surface area contributed by atoms with E-state index in [1.54, 1.807) is 14.2 Å². The number of ether oxygens (including phenoxy) is 3. The van der Waals surface area contributed by atoms with Gasteiger partial charge in [0.1, 0.15) is 5.75 Å². The molecular formula is C22H23N5O4S2. The third kappa shape index (κ3) is 5.04. The maximum atomic E-state index is 12.5. The van der Waals surface area contributed by atoms with Crippen LogP contribution >= 0.6 is 23.1 Å². The number of hydrogen-bond donors (Lipinski definition) is 1. The number of anilines is 1. The highest BCUT2D eigenvalue weighted by atomic mass is 32.2. The Balaban J connectivity index is 1.41. The molecule has 4 aromatic rings. The minimum atomic E-state index is -0.167. The summed E-state index contributed by atoms with van der Waals surface area (Å²) in [5.74, 6) is 2.71. The molecule has 33 heavy (non-hydrogen) atoms. The number of thiazole rings is 1. The van der Waals surface area contributed by atoms with E-state index >= 15 is 0 Å². The summed E-state index contributed by atoms with van der Waals surface area (Å²) in [7, 11) is 5.03. The van der Waals surface area contributed by atoms with Gasteiger partial charge < -0.3 is 24.1 Å². The van der Waals surface area contributed by atoms with Gasteiger partial charge in [-0.2, -0.15) is 0 Å². The van der Waals surface area contributed by atoms with E-state index in [2.05, 4.69) is 20.5 Å². The average molecular weight is 486 g/mol. The Hall–Kier alpha value is -3.31. The van der Waals surface area contributed by atoms with E-state index in [0.29, 0.717) is 34.2 Å². The van der Waals surface area contributed by atoms with Gasteiger partial charge in [-0.15, -0.1) is 10.2 Å². The molecule has 0 fully saturated rings. The van der Waals surface area contributed by atoms with Crippen molar-refractivity contribution in [1.82, 2.24) is 19.7 Å². The molecule has 1 amide bonds. The summed E-state index contributed by atoms with van der Waals surface area (Å²) in [6.45, 7) is 2.54. The van der Waals surface area contributed by atoms with Crippen molar-refractivity contribution in [3.63, 3.8) is 0 Å². The van der Waals surface area contributed by atoms with Gasteiger partial charge in [-0.3, -0.25) is 4.79 Å². The fourth-order valence-corrected chi connectivity index (χ4v) is 4.79. The first-order valence-electron chi connectivity index (χ1n) is 10.1. The number of carbonyl (C=O) groups excluding carboxylic acids is 1. The Morgan fingerprint density at radius 1 is 1.12 bits per heavy atom. The molecule has 0 saturated carbocycles. The maximum absolute atomic E-state index is 12.5. The highest BCUT2D eigenvalue weighted by Crippen LogP contribution is 2.33. The number of thioether (sulfide) groups is 1. The van der Waals surface area contributed by atoms with Gasteiger partial charge >= 0.3 is 0 Å². The molecule has 1 N–H and O–H groups in total. The van der Waals surface area contributed by atoms with Crippen LogP contribution in [0.3, 0.4) is 0 Å². The first kappa shape index (κ1) is 22.9. The first-order valence-corrected chi connectivity index (χ1v) is 11.9.